The van der Waals surface area contributed by atoms with E-state index in [0.29, 0.717) is 6.42 Å². The topological polar surface area (TPSA) is 46.4 Å². The summed E-state index contributed by atoms with van der Waals surface area (Å²) in [5, 5.41) is 5.88. The quantitative estimate of drug-likeness (QED) is 0.630. The molecule has 4 nitrogen and oxygen atoms in total. The monoisotopic (exact) mass is 380 g/mol. The molecule has 0 saturated carbocycles. The average Bonchev–Trinajstić information content (AvgIpc) is 3.10. The van der Waals surface area contributed by atoms with Gasteiger partial charge in [0, 0.05) is 16.6 Å². The zero-order valence-corrected chi connectivity index (χ0v) is 16.7. The van der Waals surface area contributed by atoms with E-state index in [0.717, 1.165) is 36.0 Å². The van der Waals surface area contributed by atoms with Gasteiger partial charge in [0.05, 0.1) is 13.0 Å². The van der Waals surface area contributed by atoms with Crippen LogP contribution in [0.1, 0.15) is 28.8 Å². The number of aryl methyl sites for hydroxylation is 1. The van der Waals surface area contributed by atoms with E-state index in [-0.39, 0.29) is 5.91 Å². The van der Waals surface area contributed by atoms with Crippen molar-refractivity contribution < 1.29 is 9.69 Å². The highest BCUT2D eigenvalue weighted by Crippen LogP contribution is 2.13. The standard InChI is InChI=1S/C22H25N3OS/c1-3-25(14-18-7-5-4-6-8-18)15-20-16-27-22(24-20)13-21(26)23-19-11-9-17(2)10-12-19/h4-12,16H,3,13-15H2,1-2H3,(H,23,26)/p+1. The molecule has 1 atom stereocenters. The molecule has 0 spiro atoms. The number of anilines is 1. The van der Waals surface area contributed by atoms with E-state index >= 15 is 0 Å². The molecule has 0 aliphatic rings. The number of carbonyl (C=O) groups excluding carboxylic acids is 1. The second-order valence-corrected chi connectivity index (χ2v) is 7.71. The van der Waals surface area contributed by atoms with Crippen LogP contribution < -0.4 is 10.2 Å². The van der Waals surface area contributed by atoms with E-state index < -0.39 is 0 Å². The van der Waals surface area contributed by atoms with Gasteiger partial charge in [0.2, 0.25) is 5.91 Å². The fraction of sp³-hybridized carbons (Fsp3) is 0.273. The molecule has 3 rings (SSSR count). The zero-order chi connectivity index (χ0) is 19.1. The maximum absolute atomic E-state index is 12.2. The first-order valence-electron chi connectivity index (χ1n) is 9.29. The van der Waals surface area contributed by atoms with Crippen LogP contribution in [0.4, 0.5) is 5.69 Å². The number of nitrogens with one attached hydrogen (secondary N) is 2. The maximum atomic E-state index is 12.2. The molecule has 0 bridgehead atoms. The Morgan fingerprint density at radius 2 is 1.81 bits per heavy atom. The van der Waals surface area contributed by atoms with Crippen LogP contribution in [0, 0.1) is 6.92 Å². The molecule has 0 aliphatic heterocycles. The number of benzene rings is 2. The molecule has 0 fully saturated rings. The number of rotatable bonds is 8. The third-order valence-electron chi connectivity index (χ3n) is 4.47. The Labute approximate surface area is 164 Å². The van der Waals surface area contributed by atoms with E-state index in [1.807, 2.05) is 37.3 Å². The molecule has 2 N–H and O–H groups in total. The lowest BCUT2D eigenvalue weighted by atomic mass is 10.2. The Morgan fingerprint density at radius 3 is 2.52 bits per heavy atom. The molecule has 2 aromatic carbocycles. The normalized spacial score (nSPS) is 11.9. The van der Waals surface area contributed by atoms with Crippen LogP contribution in [-0.2, 0) is 24.3 Å². The highest BCUT2D eigenvalue weighted by atomic mass is 32.1. The molecule has 0 saturated heterocycles. The third kappa shape index (κ3) is 6.01. The molecule has 3 aromatic rings. The fourth-order valence-electron chi connectivity index (χ4n) is 2.94. The van der Waals surface area contributed by atoms with E-state index in [1.54, 1.807) is 11.3 Å². The van der Waals surface area contributed by atoms with Gasteiger partial charge >= 0.3 is 0 Å². The molecular formula is C22H26N3OS+. The van der Waals surface area contributed by atoms with Crippen LogP contribution in [-0.4, -0.2) is 17.4 Å². The second kappa shape index (κ2) is 9.44. The first-order valence-corrected chi connectivity index (χ1v) is 10.2. The van der Waals surface area contributed by atoms with Gasteiger partial charge < -0.3 is 10.2 Å². The predicted octanol–water partition coefficient (Wildman–Crippen LogP) is 3.24. The molecule has 1 heterocycles. The molecule has 5 heteroatoms. The summed E-state index contributed by atoms with van der Waals surface area (Å²) >= 11 is 1.56. The number of thiazole rings is 1. The minimum absolute atomic E-state index is 0.0243. The molecule has 0 radical (unpaired) electrons. The largest absolute Gasteiger partial charge is 0.326 e. The van der Waals surface area contributed by atoms with Gasteiger partial charge in [-0.05, 0) is 26.0 Å². The van der Waals surface area contributed by atoms with Gasteiger partial charge in [-0.25, -0.2) is 4.98 Å². The number of hydrogen-bond acceptors (Lipinski definition) is 3. The minimum atomic E-state index is -0.0243. The van der Waals surface area contributed by atoms with E-state index in [9.17, 15) is 4.79 Å². The minimum Gasteiger partial charge on any atom is -0.326 e. The van der Waals surface area contributed by atoms with Crippen molar-refractivity contribution in [3.8, 4) is 0 Å². The Kier molecular flexibility index (Phi) is 6.74. The second-order valence-electron chi connectivity index (χ2n) is 6.77. The van der Waals surface area contributed by atoms with Crippen LogP contribution in [0.5, 0.6) is 0 Å². The Morgan fingerprint density at radius 1 is 1.07 bits per heavy atom. The van der Waals surface area contributed by atoms with Gasteiger partial charge in [0.1, 0.15) is 23.8 Å². The molecule has 1 amide bonds. The summed E-state index contributed by atoms with van der Waals surface area (Å²) in [5.41, 5.74) is 4.40. The Balaban J connectivity index is 1.54. The Bertz CT molecular complexity index is 859. The fourth-order valence-corrected chi connectivity index (χ4v) is 3.74. The van der Waals surface area contributed by atoms with E-state index in [2.05, 4.69) is 46.9 Å². The first kappa shape index (κ1) is 19.3. The van der Waals surface area contributed by atoms with Crippen LogP contribution >= 0.6 is 11.3 Å². The first-order chi connectivity index (χ1) is 13.1. The van der Waals surface area contributed by atoms with Crippen molar-refractivity contribution in [2.75, 3.05) is 11.9 Å². The van der Waals surface area contributed by atoms with Gasteiger partial charge in [-0.1, -0.05) is 48.0 Å². The van der Waals surface area contributed by atoms with Crippen LogP contribution in [0.3, 0.4) is 0 Å². The third-order valence-corrected chi connectivity index (χ3v) is 5.37. The van der Waals surface area contributed by atoms with Crippen molar-refractivity contribution in [3.63, 3.8) is 0 Å². The number of aromatic nitrogens is 1. The lowest BCUT2D eigenvalue weighted by molar-refractivity contribution is -0.926. The molecule has 1 aromatic heterocycles. The van der Waals surface area contributed by atoms with E-state index in [1.165, 1.54) is 16.0 Å². The number of amides is 1. The average molecular weight is 381 g/mol. The lowest BCUT2D eigenvalue weighted by Gasteiger charge is -2.16. The van der Waals surface area contributed by atoms with Crippen molar-refractivity contribution in [1.29, 1.82) is 0 Å². The lowest BCUT2D eigenvalue weighted by Crippen LogP contribution is -3.09. The zero-order valence-electron chi connectivity index (χ0n) is 15.9. The molecular weight excluding hydrogens is 354 g/mol. The number of hydrogen-bond donors (Lipinski definition) is 2. The highest BCUT2D eigenvalue weighted by molar-refractivity contribution is 7.09. The number of nitrogens with zero attached hydrogens (tertiary/aromatic N) is 1. The van der Waals surface area contributed by atoms with Crippen molar-refractivity contribution in [2.45, 2.75) is 33.4 Å². The molecule has 1 unspecified atom stereocenters. The predicted molar refractivity (Wildman–Crippen MR) is 111 cm³/mol. The SMILES string of the molecule is CC[NH+](Cc1ccccc1)Cc1csc(CC(=O)Nc2ccc(C)cc2)n1. The maximum Gasteiger partial charge on any atom is 0.231 e. The molecule has 27 heavy (non-hydrogen) atoms. The number of carbonyl (C=O) groups is 1. The van der Waals surface area contributed by atoms with Gasteiger partial charge in [-0.15, -0.1) is 11.3 Å². The van der Waals surface area contributed by atoms with Gasteiger partial charge in [0.25, 0.3) is 0 Å². The highest BCUT2D eigenvalue weighted by Gasteiger charge is 2.13. The van der Waals surface area contributed by atoms with Gasteiger partial charge in [0.15, 0.2) is 0 Å². The van der Waals surface area contributed by atoms with Crippen molar-refractivity contribution >= 4 is 22.9 Å². The summed E-state index contributed by atoms with van der Waals surface area (Å²) < 4.78 is 0. The van der Waals surface area contributed by atoms with Crippen molar-refractivity contribution in [3.05, 3.63) is 81.8 Å². The number of quaternary nitrogens is 1. The smallest absolute Gasteiger partial charge is 0.231 e. The summed E-state index contributed by atoms with van der Waals surface area (Å²) in [5.74, 6) is -0.0243. The Hall–Kier alpha value is -2.50. The summed E-state index contributed by atoms with van der Waals surface area (Å²) in [6.07, 6.45) is 0.318. The van der Waals surface area contributed by atoms with E-state index in [4.69, 9.17) is 0 Å². The summed E-state index contributed by atoms with van der Waals surface area (Å²) in [4.78, 5) is 18.4. The van der Waals surface area contributed by atoms with Gasteiger partial charge in [-0.3, -0.25) is 4.79 Å². The summed E-state index contributed by atoms with van der Waals surface area (Å²) in [6, 6.07) is 18.4. The molecule has 0 aliphatic carbocycles. The van der Waals surface area contributed by atoms with Crippen LogP contribution in [0.25, 0.3) is 0 Å². The van der Waals surface area contributed by atoms with Crippen LogP contribution in [0.15, 0.2) is 60.0 Å². The van der Waals surface area contributed by atoms with Gasteiger partial charge in [-0.2, -0.15) is 0 Å². The van der Waals surface area contributed by atoms with Crippen molar-refractivity contribution in [2.24, 2.45) is 0 Å². The summed E-state index contributed by atoms with van der Waals surface area (Å²) in [6.45, 7) is 7.12. The molecule has 140 valence electrons. The van der Waals surface area contributed by atoms with Crippen molar-refractivity contribution in [1.82, 2.24) is 4.98 Å². The van der Waals surface area contributed by atoms with Crippen LogP contribution in [0.2, 0.25) is 0 Å². The summed E-state index contributed by atoms with van der Waals surface area (Å²) in [7, 11) is 0.